The number of rotatable bonds is 7. The molecule has 0 spiro atoms. The van der Waals surface area contributed by atoms with Crippen LogP contribution in [0.4, 0.5) is 11.5 Å². The van der Waals surface area contributed by atoms with Gasteiger partial charge in [0.15, 0.2) is 23.0 Å². The molecule has 0 fully saturated rings. The lowest BCUT2D eigenvalue weighted by molar-refractivity contribution is 0.282. The fourth-order valence-electron chi connectivity index (χ4n) is 3.34. The fourth-order valence-corrected chi connectivity index (χ4v) is 3.34. The minimum Gasteiger partial charge on any atom is -0.493 e. The van der Waals surface area contributed by atoms with Crippen molar-refractivity contribution in [3.63, 3.8) is 0 Å². The smallest absolute Gasteiger partial charge is 0.203 e. The van der Waals surface area contributed by atoms with E-state index in [-0.39, 0.29) is 6.61 Å². The van der Waals surface area contributed by atoms with Crippen LogP contribution in [0.2, 0.25) is 0 Å². The van der Waals surface area contributed by atoms with Gasteiger partial charge in [-0.1, -0.05) is 18.2 Å². The van der Waals surface area contributed by atoms with Gasteiger partial charge in [-0.2, -0.15) is 0 Å². The zero-order valence-corrected chi connectivity index (χ0v) is 16.9. The molecule has 0 radical (unpaired) electrons. The van der Waals surface area contributed by atoms with E-state index in [2.05, 4.69) is 15.3 Å². The Kier molecular flexibility index (Phi) is 5.40. The second-order valence-corrected chi connectivity index (χ2v) is 6.51. The van der Waals surface area contributed by atoms with Crippen LogP contribution < -0.4 is 19.5 Å². The van der Waals surface area contributed by atoms with E-state index < -0.39 is 0 Å². The van der Waals surface area contributed by atoms with Gasteiger partial charge in [-0.15, -0.1) is 0 Å². The van der Waals surface area contributed by atoms with E-state index in [9.17, 15) is 5.11 Å². The number of methoxy groups -OCH3 is 3. The number of hydrogen-bond acceptors (Lipinski definition) is 7. The fraction of sp³-hybridized carbons (Fsp3) is 0.182. The Morgan fingerprint density at radius 3 is 2.43 bits per heavy atom. The predicted molar refractivity (Wildman–Crippen MR) is 114 cm³/mol. The van der Waals surface area contributed by atoms with Crippen LogP contribution in [0.15, 0.2) is 55.0 Å². The molecule has 0 unspecified atom stereocenters. The van der Waals surface area contributed by atoms with E-state index in [0.717, 1.165) is 22.5 Å². The monoisotopic (exact) mass is 406 g/mol. The maximum Gasteiger partial charge on any atom is 0.203 e. The molecule has 2 aromatic carbocycles. The number of nitrogens with zero attached hydrogens (tertiary/aromatic N) is 3. The molecule has 0 atom stereocenters. The highest BCUT2D eigenvalue weighted by atomic mass is 16.5. The van der Waals surface area contributed by atoms with Crippen molar-refractivity contribution in [3.8, 4) is 28.5 Å². The van der Waals surface area contributed by atoms with Crippen molar-refractivity contribution in [1.29, 1.82) is 0 Å². The summed E-state index contributed by atoms with van der Waals surface area (Å²) in [5, 5.41) is 12.7. The first-order valence-electron chi connectivity index (χ1n) is 9.27. The van der Waals surface area contributed by atoms with Crippen molar-refractivity contribution in [3.05, 3.63) is 60.6 Å². The zero-order valence-electron chi connectivity index (χ0n) is 16.9. The lowest BCUT2D eigenvalue weighted by Gasteiger charge is -2.15. The average molecular weight is 406 g/mol. The maximum absolute atomic E-state index is 9.43. The standard InChI is InChI=1S/C22H22N4O4/c1-28-18-10-16(11-19(29-2)20(18)30-3)25-21-22-24-12-17(26(22)8-7-23-21)15-6-4-5-14(9-15)13-27/h4-12,27H,13H2,1-3H3,(H,23,25). The van der Waals surface area contributed by atoms with Gasteiger partial charge in [-0.3, -0.25) is 4.40 Å². The van der Waals surface area contributed by atoms with Gasteiger partial charge < -0.3 is 24.6 Å². The van der Waals surface area contributed by atoms with Crippen molar-refractivity contribution in [2.75, 3.05) is 26.6 Å². The van der Waals surface area contributed by atoms with Crippen LogP contribution in [0.1, 0.15) is 5.56 Å². The molecule has 8 heteroatoms. The summed E-state index contributed by atoms with van der Waals surface area (Å²) < 4.78 is 18.2. The maximum atomic E-state index is 9.43. The van der Waals surface area contributed by atoms with Crippen LogP contribution in [-0.2, 0) is 6.61 Å². The van der Waals surface area contributed by atoms with Crippen LogP contribution in [-0.4, -0.2) is 40.8 Å². The number of ether oxygens (including phenoxy) is 3. The molecule has 30 heavy (non-hydrogen) atoms. The molecule has 2 aromatic heterocycles. The number of aliphatic hydroxyl groups is 1. The van der Waals surface area contributed by atoms with E-state index in [1.807, 2.05) is 34.9 Å². The highest BCUT2D eigenvalue weighted by molar-refractivity contribution is 5.76. The summed E-state index contributed by atoms with van der Waals surface area (Å²) >= 11 is 0. The van der Waals surface area contributed by atoms with Crippen LogP contribution in [0.3, 0.4) is 0 Å². The molecule has 0 amide bonds. The molecule has 0 aliphatic heterocycles. The molecule has 0 aliphatic rings. The molecule has 4 rings (SSSR count). The normalized spacial score (nSPS) is 10.8. The highest BCUT2D eigenvalue weighted by Gasteiger charge is 2.15. The number of anilines is 2. The first-order valence-corrected chi connectivity index (χ1v) is 9.27. The summed E-state index contributed by atoms with van der Waals surface area (Å²) in [5.41, 5.74) is 4.08. The van der Waals surface area contributed by atoms with E-state index in [0.29, 0.717) is 28.7 Å². The molecule has 8 nitrogen and oxygen atoms in total. The van der Waals surface area contributed by atoms with Gasteiger partial charge in [-0.05, 0) is 11.6 Å². The molecule has 2 heterocycles. The molecular weight excluding hydrogens is 384 g/mol. The predicted octanol–water partition coefficient (Wildman–Crippen LogP) is 3.66. The first-order chi connectivity index (χ1) is 14.7. The molecule has 2 N–H and O–H groups in total. The van der Waals surface area contributed by atoms with Gasteiger partial charge in [0.1, 0.15) is 0 Å². The topological polar surface area (TPSA) is 90.1 Å². The summed E-state index contributed by atoms with van der Waals surface area (Å²) in [5.74, 6) is 2.17. The Hall–Kier alpha value is -3.78. The number of fused-ring (bicyclic) bond motifs is 1. The zero-order chi connectivity index (χ0) is 21.1. The number of aliphatic hydroxyl groups excluding tert-OH is 1. The van der Waals surface area contributed by atoms with Crippen LogP contribution >= 0.6 is 0 Å². The first kappa shape index (κ1) is 19.5. The summed E-state index contributed by atoms with van der Waals surface area (Å²) in [4.78, 5) is 9.00. The van der Waals surface area contributed by atoms with Gasteiger partial charge in [0.25, 0.3) is 0 Å². The van der Waals surface area contributed by atoms with Gasteiger partial charge in [0, 0.05) is 35.8 Å². The second-order valence-electron chi connectivity index (χ2n) is 6.51. The largest absolute Gasteiger partial charge is 0.493 e. The summed E-state index contributed by atoms with van der Waals surface area (Å²) in [7, 11) is 4.70. The Balaban J connectivity index is 1.75. The second kappa shape index (κ2) is 8.30. The molecular formula is C22H22N4O4. The van der Waals surface area contributed by atoms with Gasteiger partial charge in [0.05, 0.1) is 39.8 Å². The number of nitrogens with one attached hydrogen (secondary N) is 1. The number of benzene rings is 2. The third-order valence-electron chi connectivity index (χ3n) is 4.76. The van der Waals surface area contributed by atoms with Crippen molar-refractivity contribution in [2.24, 2.45) is 0 Å². The van der Waals surface area contributed by atoms with Crippen LogP contribution in [0.5, 0.6) is 17.2 Å². The quantitative estimate of drug-likeness (QED) is 0.484. The number of aromatic nitrogens is 3. The molecule has 0 saturated carbocycles. The van der Waals surface area contributed by atoms with Crippen molar-refractivity contribution in [2.45, 2.75) is 6.61 Å². The lowest BCUT2D eigenvalue weighted by Crippen LogP contribution is -2.01. The van der Waals surface area contributed by atoms with Crippen LogP contribution in [0, 0.1) is 0 Å². The molecule has 0 aliphatic carbocycles. The Labute approximate surface area is 173 Å². The molecule has 0 bridgehead atoms. The summed E-state index contributed by atoms with van der Waals surface area (Å²) in [6.07, 6.45) is 5.34. The molecule has 154 valence electrons. The lowest BCUT2D eigenvalue weighted by atomic mass is 10.1. The van der Waals surface area contributed by atoms with Gasteiger partial charge in [-0.25, -0.2) is 9.97 Å². The highest BCUT2D eigenvalue weighted by Crippen LogP contribution is 2.40. The third-order valence-corrected chi connectivity index (χ3v) is 4.76. The Morgan fingerprint density at radius 2 is 1.77 bits per heavy atom. The third kappa shape index (κ3) is 3.48. The summed E-state index contributed by atoms with van der Waals surface area (Å²) in [6.45, 7) is -0.0138. The van der Waals surface area contributed by atoms with Crippen LogP contribution in [0.25, 0.3) is 16.9 Å². The SMILES string of the molecule is COc1cc(Nc2nccn3c(-c4cccc(CO)c4)cnc23)cc(OC)c1OC. The van der Waals surface area contributed by atoms with Crippen molar-refractivity contribution < 1.29 is 19.3 Å². The van der Waals surface area contributed by atoms with Gasteiger partial charge in [0.2, 0.25) is 5.75 Å². The van der Waals surface area contributed by atoms with Crippen molar-refractivity contribution >= 4 is 17.2 Å². The van der Waals surface area contributed by atoms with E-state index >= 15 is 0 Å². The van der Waals surface area contributed by atoms with Crippen molar-refractivity contribution in [1.82, 2.24) is 14.4 Å². The summed E-state index contributed by atoms with van der Waals surface area (Å²) in [6, 6.07) is 11.3. The average Bonchev–Trinajstić information content (AvgIpc) is 3.23. The van der Waals surface area contributed by atoms with Gasteiger partial charge >= 0.3 is 0 Å². The minimum atomic E-state index is -0.0138. The van der Waals surface area contributed by atoms with E-state index in [4.69, 9.17) is 14.2 Å². The number of imidazole rings is 1. The minimum absolute atomic E-state index is 0.0138. The molecule has 4 aromatic rings. The number of hydrogen-bond donors (Lipinski definition) is 2. The molecule has 0 saturated heterocycles. The Morgan fingerprint density at radius 1 is 1.00 bits per heavy atom. The van der Waals surface area contributed by atoms with E-state index in [1.165, 1.54) is 0 Å². The Bertz CT molecular complexity index is 1160. The van der Waals surface area contributed by atoms with E-state index in [1.54, 1.807) is 45.9 Å².